The third-order valence-electron chi connectivity index (χ3n) is 5.81. The molecule has 1 amide bonds. The number of amides is 1. The minimum Gasteiger partial charge on any atom is -0.336 e. The monoisotopic (exact) mass is 369 g/mol. The number of rotatable bonds is 1. The van der Waals surface area contributed by atoms with Gasteiger partial charge in [-0.05, 0) is 49.5 Å². The number of fused-ring (bicyclic) bond motifs is 5. The van der Waals surface area contributed by atoms with Crippen molar-refractivity contribution in [1.82, 2.24) is 24.5 Å². The quantitative estimate of drug-likeness (QED) is 0.657. The fourth-order valence-corrected chi connectivity index (χ4v) is 5.79. The largest absolute Gasteiger partial charge is 0.336 e. The Hall–Kier alpha value is -2.02. The van der Waals surface area contributed by atoms with Gasteiger partial charge in [0.1, 0.15) is 11.2 Å². The van der Waals surface area contributed by atoms with Crippen LogP contribution in [-0.2, 0) is 6.42 Å². The number of likely N-dealkylation sites (tertiary alicyclic amines) is 1. The van der Waals surface area contributed by atoms with Crippen LogP contribution in [0.25, 0.3) is 15.9 Å². The lowest BCUT2D eigenvalue weighted by Gasteiger charge is -2.29. The molecule has 2 aliphatic rings. The van der Waals surface area contributed by atoms with E-state index < -0.39 is 0 Å². The Morgan fingerprint density at radius 1 is 1.27 bits per heavy atom. The lowest BCUT2D eigenvalue weighted by molar-refractivity contribution is 0.0671. The molecule has 136 valence electrons. The Bertz CT molecular complexity index is 1010. The summed E-state index contributed by atoms with van der Waals surface area (Å²) >= 11 is 1.78. The molecule has 0 saturated carbocycles. The summed E-state index contributed by atoms with van der Waals surface area (Å²) in [6.07, 6.45) is 7.51. The van der Waals surface area contributed by atoms with Crippen LogP contribution in [-0.4, -0.2) is 43.5 Å². The zero-order chi connectivity index (χ0) is 17.8. The van der Waals surface area contributed by atoms with Crippen molar-refractivity contribution in [3.05, 3.63) is 22.6 Å². The molecule has 5 rings (SSSR count). The minimum atomic E-state index is -0.0504. The van der Waals surface area contributed by atoms with Crippen molar-refractivity contribution < 1.29 is 4.79 Å². The highest BCUT2D eigenvalue weighted by Crippen LogP contribution is 2.42. The molecule has 3 aromatic heterocycles. The molecule has 7 heteroatoms. The third-order valence-corrected chi connectivity index (χ3v) is 6.99. The zero-order valence-corrected chi connectivity index (χ0v) is 16.1. The lowest BCUT2D eigenvalue weighted by Crippen LogP contribution is -2.39. The van der Waals surface area contributed by atoms with Gasteiger partial charge in [-0.3, -0.25) is 4.79 Å². The van der Waals surface area contributed by atoms with E-state index in [4.69, 9.17) is 0 Å². The highest BCUT2D eigenvalue weighted by Gasteiger charge is 2.28. The van der Waals surface area contributed by atoms with Gasteiger partial charge in [-0.15, -0.1) is 16.4 Å². The summed E-state index contributed by atoms with van der Waals surface area (Å²) in [5.41, 5.74) is 2.17. The Balaban J connectivity index is 1.62. The first kappa shape index (κ1) is 16.2. The molecule has 0 bridgehead atoms. The number of nitrogens with zero attached hydrogens (tertiary/aromatic N) is 5. The Kier molecular flexibility index (Phi) is 3.74. The van der Waals surface area contributed by atoms with Gasteiger partial charge >= 0.3 is 0 Å². The van der Waals surface area contributed by atoms with Gasteiger partial charge in [0.15, 0.2) is 5.65 Å². The molecule has 3 aromatic rings. The Morgan fingerprint density at radius 3 is 3.00 bits per heavy atom. The van der Waals surface area contributed by atoms with Crippen molar-refractivity contribution in [2.45, 2.75) is 51.9 Å². The maximum atomic E-state index is 12.9. The van der Waals surface area contributed by atoms with E-state index in [1.54, 1.807) is 22.2 Å². The van der Waals surface area contributed by atoms with Crippen LogP contribution in [0.2, 0.25) is 0 Å². The van der Waals surface area contributed by atoms with Gasteiger partial charge in [0.25, 0.3) is 5.91 Å². The van der Waals surface area contributed by atoms with Crippen LogP contribution < -0.4 is 0 Å². The standard InChI is InChI=1S/C19H23N5OS/c1-11-5-4-8-23(9-11)19(25)16-21-17-15-14-12(2)6-3-7-13(14)26-18(15)20-10-24(17)22-16/h10-12H,3-9H2,1-2H3/t11-,12-/m1/s1. The van der Waals surface area contributed by atoms with Crippen molar-refractivity contribution >= 4 is 33.1 Å². The van der Waals surface area contributed by atoms with Crippen LogP contribution in [0.5, 0.6) is 0 Å². The van der Waals surface area contributed by atoms with E-state index in [0.717, 1.165) is 41.8 Å². The SMILES string of the molecule is C[C@@H]1CCCN(C(=O)c2nc3c4c5c(sc4ncn3n2)CCC[C@H]5C)C1. The van der Waals surface area contributed by atoms with Gasteiger partial charge in [-0.25, -0.2) is 14.5 Å². The zero-order valence-electron chi connectivity index (χ0n) is 15.2. The van der Waals surface area contributed by atoms with E-state index >= 15 is 0 Å². The number of carbonyl (C=O) groups is 1. The maximum absolute atomic E-state index is 12.9. The van der Waals surface area contributed by atoms with E-state index in [2.05, 4.69) is 28.9 Å². The number of hydrogen-bond donors (Lipinski definition) is 0. The van der Waals surface area contributed by atoms with Crippen LogP contribution in [0.15, 0.2) is 6.33 Å². The van der Waals surface area contributed by atoms with Crippen molar-refractivity contribution in [3.63, 3.8) is 0 Å². The second-order valence-corrected chi connectivity index (χ2v) is 8.94. The molecule has 0 N–H and O–H groups in total. The van der Waals surface area contributed by atoms with Crippen molar-refractivity contribution in [1.29, 1.82) is 0 Å². The summed E-state index contributed by atoms with van der Waals surface area (Å²) in [6, 6.07) is 0. The molecule has 0 aromatic carbocycles. The summed E-state index contributed by atoms with van der Waals surface area (Å²) in [5.74, 6) is 1.31. The molecule has 0 radical (unpaired) electrons. The minimum absolute atomic E-state index is 0.0504. The number of piperidine rings is 1. The molecule has 1 aliphatic heterocycles. The molecule has 4 heterocycles. The molecule has 2 atom stereocenters. The number of hydrogen-bond acceptors (Lipinski definition) is 5. The van der Waals surface area contributed by atoms with Crippen LogP contribution in [0.3, 0.4) is 0 Å². The number of carbonyl (C=O) groups excluding carboxylic acids is 1. The van der Waals surface area contributed by atoms with Crippen LogP contribution in [0, 0.1) is 5.92 Å². The summed E-state index contributed by atoms with van der Waals surface area (Å²) in [6.45, 7) is 6.08. The number of aryl methyl sites for hydroxylation is 1. The smallest absolute Gasteiger partial charge is 0.293 e. The predicted octanol–water partition coefficient (Wildman–Crippen LogP) is 3.65. The molecule has 0 spiro atoms. The van der Waals surface area contributed by atoms with Gasteiger partial charge in [-0.2, -0.15) is 0 Å². The first-order valence-corrected chi connectivity index (χ1v) is 10.4. The summed E-state index contributed by atoms with van der Waals surface area (Å²) in [5, 5.41) is 5.58. The fraction of sp³-hybridized carbons (Fsp3) is 0.579. The lowest BCUT2D eigenvalue weighted by atomic mass is 9.87. The van der Waals surface area contributed by atoms with Crippen molar-refractivity contribution in [3.8, 4) is 0 Å². The van der Waals surface area contributed by atoms with Crippen LogP contribution >= 0.6 is 11.3 Å². The van der Waals surface area contributed by atoms with E-state index in [1.165, 1.54) is 29.7 Å². The number of thiophene rings is 1. The average Bonchev–Trinajstić information content (AvgIpc) is 3.22. The molecule has 1 aliphatic carbocycles. The van der Waals surface area contributed by atoms with Gasteiger partial charge in [0, 0.05) is 18.0 Å². The summed E-state index contributed by atoms with van der Waals surface area (Å²) in [4.78, 5) is 26.6. The predicted molar refractivity (Wildman–Crippen MR) is 102 cm³/mol. The van der Waals surface area contributed by atoms with Gasteiger partial charge in [0.2, 0.25) is 5.82 Å². The first-order valence-electron chi connectivity index (χ1n) is 9.57. The Morgan fingerprint density at radius 2 is 2.15 bits per heavy atom. The summed E-state index contributed by atoms with van der Waals surface area (Å²) in [7, 11) is 0. The molecule has 0 unspecified atom stereocenters. The van der Waals surface area contributed by atoms with Crippen molar-refractivity contribution in [2.24, 2.45) is 5.92 Å². The van der Waals surface area contributed by atoms with Crippen molar-refractivity contribution in [2.75, 3.05) is 13.1 Å². The molecular formula is C19H23N5OS. The second kappa shape index (κ2) is 6.01. The van der Waals surface area contributed by atoms with E-state index in [9.17, 15) is 4.79 Å². The first-order chi connectivity index (χ1) is 12.6. The topological polar surface area (TPSA) is 63.4 Å². The molecule has 1 saturated heterocycles. The van der Waals surface area contributed by atoms with Gasteiger partial charge in [-0.1, -0.05) is 13.8 Å². The van der Waals surface area contributed by atoms with Crippen LogP contribution in [0.1, 0.15) is 66.5 Å². The summed E-state index contributed by atoms with van der Waals surface area (Å²) < 4.78 is 1.69. The number of aromatic nitrogens is 4. The molecule has 26 heavy (non-hydrogen) atoms. The normalized spacial score (nSPS) is 23.5. The second-order valence-electron chi connectivity index (χ2n) is 7.86. The highest BCUT2D eigenvalue weighted by molar-refractivity contribution is 7.19. The average molecular weight is 369 g/mol. The van der Waals surface area contributed by atoms with E-state index in [1.807, 2.05) is 4.90 Å². The maximum Gasteiger partial charge on any atom is 0.293 e. The Labute approximate surface area is 156 Å². The van der Waals surface area contributed by atoms with E-state index in [0.29, 0.717) is 17.7 Å². The van der Waals surface area contributed by atoms with Gasteiger partial charge < -0.3 is 4.90 Å². The van der Waals surface area contributed by atoms with Crippen LogP contribution in [0.4, 0.5) is 0 Å². The van der Waals surface area contributed by atoms with Gasteiger partial charge in [0.05, 0.1) is 5.39 Å². The third kappa shape index (κ3) is 2.44. The molecular weight excluding hydrogens is 346 g/mol. The highest BCUT2D eigenvalue weighted by atomic mass is 32.1. The molecule has 1 fully saturated rings. The fourth-order valence-electron chi connectivity index (χ4n) is 4.49. The molecule has 6 nitrogen and oxygen atoms in total. The van der Waals surface area contributed by atoms with E-state index in [-0.39, 0.29) is 5.91 Å².